The number of rotatable bonds is 3. The van der Waals surface area contributed by atoms with Crippen LogP contribution in [0.4, 0.5) is 0 Å². The maximum Gasteiger partial charge on any atom is 0.271 e. The molecule has 0 unspecified atom stereocenters. The molecule has 1 fully saturated rings. The molecule has 0 spiro atoms. The number of fused-ring (bicyclic) bond motifs is 1. The number of aryl methyl sites for hydroxylation is 1. The highest BCUT2D eigenvalue weighted by Gasteiger charge is 2.24. The Labute approximate surface area is 105 Å². The Morgan fingerprint density at radius 1 is 1.56 bits per heavy atom. The van der Waals surface area contributed by atoms with Gasteiger partial charge in [0.05, 0.1) is 0 Å². The van der Waals surface area contributed by atoms with E-state index in [9.17, 15) is 9.59 Å². The van der Waals surface area contributed by atoms with Crippen LogP contribution in [0, 0.1) is 5.92 Å². The van der Waals surface area contributed by atoms with E-state index in [-0.39, 0.29) is 11.8 Å². The molecule has 0 saturated heterocycles. The Bertz CT molecular complexity index is 490. The molecule has 3 rings (SSSR count). The van der Waals surface area contributed by atoms with Gasteiger partial charge in [-0.05, 0) is 25.2 Å². The predicted octanol–water partition coefficient (Wildman–Crippen LogP) is 0.156. The van der Waals surface area contributed by atoms with Crippen LogP contribution in [0.5, 0.6) is 0 Å². The van der Waals surface area contributed by atoms with Crippen molar-refractivity contribution in [3.8, 4) is 0 Å². The lowest BCUT2D eigenvalue weighted by atomic mass is 10.3. The van der Waals surface area contributed by atoms with Gasteiger partial charge in [0.15, 0.2) is 5.69 Å². The molecule has 2 aliphatic rings. The van der Waals surface area contributed by atoms with Crippen molar-refractivity contribution in [2.75, 3.05) is 13.1 Å². The third-order valence-electron chi connectivity index (χ3n) is 3.33. The van der Waals surface area contributed by atoms with Gasteiger partial charge in [-0.1, -0.05) is 0 Å². The maximum absolute atomic E-state index is 11.9. The van der Waals surface area contributed by atoms with E-state index >= 15 is 0 Å². The summed E-state index contributed by atoms with van der Waals surface area (Å²) in [6.45, 7) is 2.04. The molecule has 1 saturated carbocycles. The third kappa shape index (κ3) is 2.23. The van der Waals surface area contributed by atoms with E-state index in [1.165, 1.54) is 12.8 Å². The Morgan fingerprint density at radius 2 is 2.39 bits per heavy atom. The average Bonchev–Trinajstić information content (AvgIpc) is 3.12. The number of carbonyl (C=O) groups is 2. The highest BCUT2D eigenvalue weighted by Crippen LogP contribution is 2.27. The lowest BCUT2D eigenvalue weighted by Crippen LogP contribution is -2.26. The van der Waals surface area contributed by atoms with Crippen LogP contribution in [0.1, 0.15) is 40.2 Å². The molecule has 0 radical (unpaired) electrons. The number of carbonyl (C=O) groups excluding carboxylic acids is 2. The Kier molecular flexibility index (Phi) is 2.77. The zero-order valence-corrected chi connectivity index (χ0v) is 10.1. The van der Waals surface area contributed by atoms with Crippen LogP contribution in [0.3, 0.4) is 0 Å². The molecular weight excluding hydrogens is 232 g/mol. The molecule has 2 N–H and O–H groups in total. The first kappa shape index (κ1) is 11.3. The molecule has 6 heteroatoms. The molecule has 0 aromatic carbocycles. The fourth-order valence-corrected chi connectivity index (χ4v) is 2.05. The van der Waals surface area contributed by atoms with Crippen molar-refractivity contribution in [2.45, 2.75) is 25.8 Å². The first-order chi connectivity index (χ1) is 8.74. The molecule has 96 valence electrons. The van der Waals surface area contributed by atoms with Crippen molar-refractivity contribution in [3.63, 3.8) is 0 Å². The van der Waals surface area contributed by atoms with Crippen LogP contribution >= 0.6 is 0 Å². The summed E-state index contributed by atoms with van der Waals surface area (Å²) in [5, 5.41) is 9.84. The van der Waals surface area contributed by atoms with Gasteiger partial charge in [-0.2, -0.15) is 5.10 Å². The molecule has 1 aliphatic heterocycles. The summed E-state index contributed by atoms with van der Waals surface area (Å²) in [5.74, 6) is 0.300. The second kappa shape index (κ2) is 4.44. The third-order valence-corrected chi connectivity index (χ3v) is 3.33. The highest BCUT2D eigenvalue weighted by molar-refractivity contribution is 5.98. The summed E-state index contributed by atoms with van der Waals surface area (Å²) in [6.07, 6.45) is 3.23. The van der Waals surface area contributed by atoms with Gasteiger partial charge >= 0.3 is 0 Å². The van der Waals surface area contributed by atoms with E-state index < -0.39 is 0 Å². The minimum Gasteiger partial charge on any atom is -0.351 e. The molecular formula is C12H16N4O2. The fraction of sp³-hybridized carbons (Fsp3) is 0.583. The highest BCUT2D eigenvalue weighted by atomic mass is 16.2. The van der Waals surface area contributed by atoms with Gasteiger partial charge in [-0.15, -0.1) is 0 Å². The van der Waals surface area contributed by atoms with Gasteiger partial charge in [0.25, 0.3) is 11.8 Å². The predicted molar refractivity (Wildman–Crippen MR) is 64.2 cm³/mol. The monoisotopic (exact) mass is 248 g/mol. The number of nitrogens with one attached hydrogen (secondary N) is 2. The summed E-state index contributed by atoms with van der Waals surface area (Å²) in [7, 11) is 0. The van der Waals surface area contributed by atoms with E-state index in [1.807, 2.05) is 0 Å². The Hall–Kier alpha value is -1.85. The Balaban J connectivity index is 1.74. The summed E-state index contributed by atoms with van der Waals surface area (Å²) in [4.78, 5) is 23.6. The van der Waals surface area contributed by atoms with E-state index in [1.54, 1.807) is 10.7 Å². The van der Waals surface area contributed by atoms with Crippen LogP contribution in [0.15, 0.2) is 6.07 Å². The van der Waals surface area contributed by atoms with Gasteiger partial charge < -0.3 is 10.6 Å². The lowest BCUT2D eigenvalue weighted by molar-refractivity contribution is 0.0941. The first-order valence-corrected chi connectivity index (χ1v) is 6.38. The van der Waals surface area contributed by atoms with Crippen molar-refractivity contribution in [1.29, 1.82) is 0 Å². The minimum atomic E-state index is -0.185. The van der Waals surface area contributed by atoms with Gasteiger partial charge in [-0.25, -0.2) is 0 Å². The SMILES string of the molecule is O=C(NCC1CC1)c1cc2n(n1)CCCNC2=O. The van der Waals surface area contributed by atoms with Crippen molar-refractivity contribution in [3.05, 3.63) is 17.5 Å². The number of hydrogen-bond acceptors (Lipinski definition) is 3. The number of hydrogen-bond donors (Lipinski definition) is 2. The van der Waals surface area contributed by atoms with Gasteiger partial charge in [-0.3, -0.25) is 14.3 Å². The van der Waals surface area contributed by atoms with Crippen LogP contribution < -0.4 is 10.6 Å². The fourth-order valence-electron chi connectivity index (χ4n) is 2.05. The van der Waals surface area contributed by atoms with Crippen molar-refractivity contribution < 1.29 is 9.59 Å². The van der Waals surface area contributed by atoms with Crippen molar-refractivity contribution >= 4 is 11.8 Å². The summed E-state index contributed by atoms with van der Waals surface area (Å²) >= 11 is 0. The standard InChI is InChI=1S/C12H16N4O2/c17-11(14-7-8-2-3-8)9-6-10-12(18)13-4-1-5-16(10)15-9/h6,8H,1-5,7H2,(H,13,18)(H,14,17). The van der Waals surface area contributed by atoms with Crippen molar-refractivity contribution in [1.82, 2.24) is 20.4 Å². The molecule has 1 aromatic rings. The molecule has 2 heterocycles. The van der Waals surface area contributed by atoms with Gasteiger partial charge in [0, 0.05) is 25.7 Å². The smallest absolute Gasteiger partial charge is 0.271 e. The van der Waals surface area contributed by atoms with E-state index in [0.29, 0.717) is 36.9 Å². The largest absolute Gasteiger partial charge is 0.351 e. The quantitative estimate of drug-likeness (QED) is 0.800. The topological polar surface area (TPSA) is 76.0 Å². The Morgan fingerprint density at radius 3 is 3.17 bits per heavy atom. The van der Waals surface area contributed by atoms with E-state index in [0.717, 1.165) is 6.42 Å². The normalized spacial score (nSPS) is 18.8. The molecule has 0 atom stereocenters. The van der Waals surface area contributed by atoms with E-state index in [4.69, 9.17) is 0 Å². The number of amides is 2. The second-order valence-corrected chi connectivity index (χ2v) is 4.90. The van der Waals surface area contributed by atoms with Gasteiger partial charge in [0.2, 0.25) is 0 Å². The first-order valence-electron chi connectivity index (χ1n) is 6.38. The number of aromatic nitrogens is 2. The zero-order valence-electron chi connectivity index (χ0n) is 10.1. The molecule has 1 aromatic heterocycles. The van der Waals surface area contributed by atoms with Crippen LogP contribution in [0.25, 0.3) is 0 Å². The summed E-state index contributed by atoms with van der Waals surface area (Å²) in [6, 6.07) is 1.57. The molecule has 6 nitrogen and oxygen atoms in total. The lowest BCUT2D eigenvalue weighted by Gasteiger charge is -2.00. The van der Waals surface area contributed by atoms with Crippen molar-refractivity contribution in [2.24, 2.45) is 5.92 Å². The molecule has 0 bridgehead atoms. The molecule has 18 heavy (non-hydrogen) atoms. The molecule has 1 aliphatic carbocycles. The van der Waals surface area contributed by atoms with Gasteiger partial charge in [0.1, 0.15) is 5.69 Å². The van der Waals surface area contributed by atoms with Crippen LogP contribution in [-0.4, -0.2) is 34.7 Å². The van der Waals surface area contributed by atoms with E-state index in [2.05, 4.69) is 15.7 Å². The average molecular weight is 248 g/mol. The van der Waals surface area contributed by atoms with Crippen LogP contribution in [0.2, 0.25) is 0 Å². The summed E-state index contributed by atoms with van der Waals surface area (Å²) in [5.41, 5.74) is 0.812. The minimum absolute atomic E-state index is 0.152. The maximum atomic E-state index is 11.9. The zero-order chi connectivity index (χ0) is 12.5. The summed E-state index contributed by atoms with van der Waals surface area (Å²) < 4.78 is 1.62. The molecule has 2 amide bonds. The second-order valence-electron chi connectivity index (χ2n) is 4.90. The van der Waals surface area contributed by atoms with Crippen LogP contribution in [-0.2, 0) is 6.54 Å². The number of nitrogens with zero attached hydrogens (tertiary/aromatic N) is 2.